The Morgan fingerprint density at radius 2 is 2.17 bits per heavy atom. The molecule has 1 fully saturated rings. The van der Waals surface area contributed by atoms with Gasteiger partial charge in [-0.05, 0) is 30.5 Å². The van der Waals surface area contributed by atoms with Crippen molar-refractivity contribution in [3.8, 4) is 0 Å². The number of aliphatic hydroxyl groups excluding tert-OH is 1. The Hall–Kier alpha value is -1.06. The van der Waals surface area contributed by atoms with Crippen LogP contribution in [0.1, 0.15) is 31.2 Å². The van der Waals surface area contributed by atoms with Crippen LogP contribution < -0.4 is 5.32 Å². The molecule has 4 heteroatoms. The van der Waals surface area contributed by atoms with Gasteiger partial charge < -0.3 is 10.4 Å². The average molecular weight is 268 g/mol. The van der Waals surface area contributed by atoms with E-state index in [2.05, 4.69) is 5.32 Å². The van der Waals surface area contributed by atoms with Crippen molar-refractivity contribution in [1.29, 1.82) is 0 Å². The topological polar surface area (TPSA) is 49.3 Å². The molecule has 2 atom stereocenters. The molecule has 1 aromatic carbocycles. The molecule has 0 spiro atoms. The summed E-state index contributed by atoms with van der Waals surface area (Å²) < 4.78 is 0. The number of aliphatic hydroxyl groups is 1. The first kappa shape index (κ1) is 13.4. The van der Waals surface area contributed by atoms with E-state index >= 15 is 0 Å². The van der Waals surface area contributed by atoms with Gasteiger partial charge in [0.1, 0.15) is 0 Å². The van der Waals surface area contributed by atoms with Gasteiger partial charge in [-0.25, -0.2) is 0 Å². The molecule has 0 aliphatic heterocycles. The molecule has 1 saturated carbocycles. The Bertz CT molecular complexity index is 422. The number of halogens is 1. The number of nitrogens with one attached hydrogen (secondary N) is 1. The van der Waals surface area contributed by atoms with Gasteiger partial charge in [0.05, 0.1) is 18.6 Å². The molecule has 0 radical (unpaired) electrons. The van der Waals surface area contributed by atoms with Crippen molar-refractivity contribution in [3.05, 3.63) is 34.9 Å². The van der Waals surface area contributed by atoms with Crippen molar-refractivity contribution in [1.82, 2.24) is 5.32 Å². The van der Waals surface area contributed by atoms with Crippen LogP contribution in [-0.4, -0.2) is 23.2 Å². The molecule has 0 heterocycles. The highest BCUT2D eigenvalue weighted by Gasteiger charge is 2.24. The molecule has 3 nitrogen and oxygen atoms in total. The highest BCUT2D eigenvalue weighted by molar-refractivity contribution is 6.30. The van der Waals surface area contributed by atoms with Crippen LogP contribution in [0, 0.1) is 0 Å². The summed E-state index contributed by atoms with van der Waals surface area (Å²) in [6, 6.07) is 7.19. The summed E-state index contributed by atoms with van der Waals surface area (Å²) in [6.45, 7) is 0. The maximum Gasteiger partial charge on any atom is 0.224 e. The second-order valence-electron chi connectivity index (χ2n) is 4.83. The SMILES string of the molecule is O=C(Cc1cccc(Cl)c1)NC1CCCCC1O. The van der Waals surface area contributed by atoms with Crippen molar-refractivity contribution in [2.45, 2.75) is 44.2 Å². The van der Waals surface area contributed by atoms with Crippen molar-refractivity contribution in [2.24, 2.45) is 0 Å². The first-order chi connectivity index (χ1) is 8.65. The first-order valence-electron chi connectivity index (χ1n) is 6.37. The van der Waals surface area contributed by atoms with Crippen molar-refractivity contribution in [2.75, 3.05) is 0 Å². The van der Waals surface area contributed by atoms with Crippen molar-refractivity contribution in [3.63, 3.8) is 0 Å². The molecule has 2 N–H and O–H groups in total. The van der Waals surface area contributed by atoms with Crippen molar-refractivity contribution < 1.29 is 9.90 Å². The number of amides is 1. The Morgan fingerprint density at radius 3 is 2.89 bits per heavy atom. The molecule has 1 amide bonds. The maximum atomic E-state index is 11.9. The van der Waals surface area contributed by atoms with Gasteiger partial charge in [-0.1, -0.05) is 36.6 Å². The van der Waals surface area contributed by atoms with E-state index in [9.17, 15) is 9.90 Å². The quantitative estimate of drug-likeness (QED) is 0.883. The summed E-state index contributed by atoms with van der Waals surface area (Å²) >= 11 is 5.87. The molecule has 0 bridgehead atoms. The van der Waals surface area contributed by atoms with Gasteiger partial charge in [0.2, 0.25) is 5.91 Å². The van der Waals surface area contributed by atoms with E-state index in [4.69, 9.17) is 11.6 Å². The van der Waals surface area contributed by atoms with Crippen LogP contribution in [0.2, 0.25) is 5.02 Å². The van der Waals surface area contributed by atoms with Crippen LogP contribution in [0.15, 0.2) is 24.3 Å². The zero-order valence-corrected chi connectivity index (χ0v) is 11.0. The van der Waals surface area contributed by atoms with Gasteiger partial charge in [0, 0.05) is 5.02 Å². The summed E-state index contributed by atoms with van der Waals surface area (Å²) in [7, 11) is 0. The standard InChI is InChI=1S/C14H18ClNO2/c15-11-5-3-4-10(8-11)9-14(18)16-12-6-1-2-7-13(12)17/h3-5,8,12-13,17H,1-2,6-7,9H2,(H,16,18). The molecule has 2 unspecified atom stereocenters. The first-order valence-corrected chi connectivity index (χ1v) is 6.75. The van der Waals surface area contributed by atoms with Crippen molar-refractivity contribution >= 4 is 17.5 Å². The molecule has 0 saturated heterocycles. The molecule has 1 aliphatic carbocycles. The molecular weight excluding hydrogens is 250 g/mol. The van der Waals surface area contributed by atoms with E-state index in [1.54, 1.807) is 12.1 Å². The summed E-state index contributed by atoms with van der Waals surface area (Å²) in [6.07, 6.45) is 3.66. The van der Waals surface area contributed by atoms with Crippen LogP contribution in [0.25, 0.3) is 0 Å². The molecular formula is C14H18ClNO2. The minimum atomic E-state index is -0.401. The van der Waals surface area contributed by atoms with E-state index in [1.807, 2.05) is 12.1 Å². The summed E-state index contributed by atoms with van der Waals surface area (Å²) in [5.41, 5.74) is 0.894. The second kappa shape index (κ2) is 6.21. The Balaban J connectivity index is 1.88. The molecule has 98 valence electrons. The Labute approximate surface area is 112 Å². The van der Waals surface area contributed by atoms with Crippen LogP contribution in [0.3, 0.4) is 0 Å². The maximum absolute atomic E-state index is 11.9. The van der Waals surface area contributed by atoms with Crippen LogP contribution in [0.5, 0.6) is 0 Å². The Morgan fingerprint density at radius 1 is 1.39 bits per heavy atom. The van der Waals surface area contributed by atoms with Gasteiger partial charge in [0.25, 0.3) is 0 Å². The minimum absolute atomic E-state index is 0.0526. The number of hydrogen-bond acceptors (Lipinski definition) is 2. The van der Waals surface area contributed by atoms with E-state index in [0.29, 0.717) is 11.4 Å². The molecule has 1 aromatic rings. The lowest BCUT2D eigenvalue weighted by Gasteiger charge is -2.28. The predicted molar refractivity (Wildman–Crippen MR) is 71.6 cm³/mol. The fourth-order valence-electron chi connectivity index (χ4n) is 2.37. The highest BCUT2D eigenvalue weighted by atomic mass is 35.5. The third-order valence-corrected chi connectivity index (χ3v) is 3.56. The predicted octanol–water partition coefficient (Wildman–Crippen LogP) is 2.30. The van der Waals surface area contributed by atoms with Gasteiger partial charge >= 0.3 is 0 Å². The zero-order chi connectivity index (χ0) is 13.0. The average Bonchev–Trinajstić information content (AvgIpc) is 2.32. The lowest BCUT2D eigenvalue weighted by atomic mass is 9.92. The van der Waals surface area contributed by atoms with E-state index in [1.165, 1.54) is 0 Å². The van der Waals surface area contributed by atoms with E-state index in [-0.39, 0.29) is 11.9 Å². The fraction of sp³-hybridized carbons (Fsp3) is 0.500. The monoisotopic (exact) mass is 267 g/mol. The third kappa shape index (κ3) is 3.72. The lowest BCUT2D eigenvalue weighted by Crippen LogP contribution is -2.45. The van der Waals surface area contributed by atoms with Gasteiger partial charge in [-0.2, -0.15) is 0 Å². The molecule has 0 aromatic heterocycles. The molecule has 2 rings (SSSR count). The Kier molecular flexibility index (Phi) is 4.61. The van der Waals surface area contributed by atoms with Gasteiger partial charge in [-0.15, -0.1) is 0 Å². The van der Waals surface area contributed by atoms with Gasteiger partial charge in [0.15, 0.2) is 0 Å². The number of rotatable bonds is 3. The summed E-state index contributed by atoms with van der Waals surface area (Å²) in [5.74, 6) is -0.0526. The van der Waals surface area contributed by atoms with E-state index < -0.39 is 6.10 Å². The summed E-state index contributed by atoms with van der Waals surface area (Å²) in [4.78, 5) is 11.9. The molecule has 18 heavy (non-hydrogen) atoms. The van der Waals surface area contributed by atoms with Gasteiger partial charge in [-0.3, -0.25) is 4.79 Å². The van der Waals surface area contributed by atoms with Crippen LogP contribution in [-0.2, 0) is 11.2 Å². The number of hydrogen-bond donors (Lipinski definition) is 2. The van der Waals surface area contributed by atoms with E-state index in [0.717, 1.165) is 31.2 Å². The zero-order valence-electron chi connectivity index (χ0n) is 10.2. The smallest absolute Gasteiger partial charge is 0.224 e. The minimum Gasteiger partial charge on any atom is -0.391 e. The normalized spacial score (nSPS) is 23.7. The van der Waals surface area contributed by atoms with Crippen LogP contribution >= 0.6 is 11.6 Å². The number of carbonyl (C=O) groups excluding carboxylic acids is 1. The molecule has 1 aliphatic rings. The second-order valence-corrected chi connectivity index (χ2v) is 5.27. The highest BCUT2D eigenvalue weighted by Crippen LogP contribution is 2.18. The number of carbonyl (C=O) groups is 1. The largest absolute Gasteiger partial charge is 0.391 e. The third-order valence-electron chi connectivity index (χ3n) is 3.33. The lowest BCUT2D eigenvalue weighted by molar-refractivity contribution is -0.122. The summed E-state index contributed by atoms with van der Waals surface area (Å²) in [5, 5.41) is 13.3. The fourth-order valence-corrected chi connectivity index (χ4v) is 2.58. The van der Waals surface area contributed by atoms with Crippen LogP contribution in [0.4, 0.5) is 0 Å². The number of benzene rings is 1.